The number of nitrogens with zero attached hydrogens (tertiary/aromatic N) is 1. The molecule has 2 N–H and O–H groups in total. The molecule has 2 rings (SSSR count). The summed E-state index contributed by atoms with van der Waals surface area (Å²) in [4.78, 5) is 25.2. The van der Waals surface area contributed by atoms with Crippen LogP contribution in [0.3, 0.4) is 0 Å². The first-order valence-electron chi connectivity index (χ1n) is 13.6. The van der Waals surface area contributed by atoms with E-state index in [0.29, 0.717) is 24.5 Å². The minimum Gasteiger partial charge on any atom is -0.493 e. The lowest BCUT2D eigenvalue weighted by Gasteiger charge is -2.31. The second-order valence-electron chi connectivity index (χ2n) is 9.40. The topological polar surface area (TPSA) is 84.9 Å². The first-order chi connectivity index (χ1) is 18.3. The Balaban J connectivity index is 0.00000352. The van der Waals surface area contributed by atoms with E-state index in [4.69, 9.17) is 14.6 Å². The van der Waals surface area contributed by atoms with E-state index >= 15 is 0 Å². The summed E-state index contributed by atoms with van der Waals surface area (Å²) in [7, 11) is 3.14. The molecule has 0 aromatic heterocycles. The number of ether oxygens (including phenoxy) is 2. The molecule has 2 aromatic carbocycles. The van der Waals surface area contributed by atoms with Crippen LogP contribution in [0.25, 0.3) is 0 Å². The zero-order valence-corrected chi connectivity index (χ0v) is 23.7. The molecule has 0 fully saturated rings. The van der Waals surface area contributed by atoms with Crippen LogP contribution in [0.15, 0.2) is 42.5 Å². The number of unbranched alkanes of at least 4 members (excludes halogenated alkanes) is 5. The van der Waals surface area contributed by atoms with E-state index in [1.807, 2.05) is 0 Å². The number of rotatable bonds is 16. The molecular formula is C30H46FN2O5+. The first-order valence-corrected chi connectivity index (χ1v) is 13.6. The number of nitrogens with one attached hydrogen (secondary N) is 1. The van der Waals surface area contributed by atoms with Crippen molar-refractivity contribution in [3.63, 3.8) is 0 Å². The summed E-state index contributed by atoms with van der Waals surface area (Å²) in [5.41, 5.74) is 1.20. The second kappa shape index (κ2) is 18.3. The van der Waals surface area contributed by atoms with Gasteiger partial charge in [0.15, 0.2) is 0 Å². The number of likely N-dealkylation sites (N-methyl/N-ethyl adjacent to an activating group) is 1. The quantitative estimate of drug-likeness (QED) is 0.155. The highest BCUT2D eigenvalue weighted by molar-refractivity contribution is 6.06. The van der Waals surface area contributed by atoms with Crippen molar-refractivity contribution in [2.24, 2.45) is 0 Å². The number of quaternary nitrogens is 1. The van der Waals surface area contributed by atoms with Crippen LogP contribution in [0.1, 0.15) is 80.0 Å². The van der Waals surface area contributed by atoms with E-state index < -0.39 is 17.7 Å². The molecule has 2 aromatic rings. The van der Waals surface area contributed by atoms with Crippen molar-refractivity contribution < 1.29 is 33.0 Å². The van der Waals surface area contributed by atoms with Gasteiger partial charge in [0, 0.05) is 18.9 Å². The van der Waals surface area contributed by atoms with Crippen molar-refractivity contribution in [2.75, 3.05) is 52.3 Å². The van der Waals surface area contributed by atoms with Crippen LogP contribution in [-0.2, 0) is 4.74 Å². The Labute approximate surface area is 227 Å². The van der Waals surface area contributed by atoms with Crippen LogP contribution in [0.4, 0.5) is 10.1 Å². The largest absolute Gasteiger partial charge is 0.493 e. The van der Waals surface area contributed by atoms with Crippen LogP contribution in [0, 0.1) is 5.82 Å². The lowest BCUT2D eigenvalue weighted by atomic mass is 10.1. The molecule has 8 heteroatoms. The van der Waals surface area contributed by atoms with Crippen molar-refractivity contribution in [2.45, 2.75) is 59.3 Å². The highest BCUT2D eigenvalue weighted by atomic mass is 19.1. The molecule has 0 saturated heterocycles. The second-order valence-corrected chi connectivity index (χ2v) is 9.40. The molecule has 212 valence electrons. The maximum atomic E-state index is 13.8. The smallest absolute Gasteiger partial charge is 0.338 e. The van der Waals surface area contributed by atoms with Crippen LogP contribution in [0.5, 0.6) is 5.75 Å². The lowest BCUT2D eigenvalue weighted by Crippen LogP contribution is -2.46. The molecule has 0 aliphatic heterocycles. The van der Waals surface area contributed by atoms with Gasteiger partial charge in [0.25, 0.3) is 5.91 Å². The molecule has 1 amide bonds. The maximum Gasteiger partial charge on any atom is 0.338 e. The van der Waals surface area contributed by atoms with Gasteiger partial charge in [-0.3, -0.25) is 4.79 Å². The van der Waals surface area contributed by atoms with E-state index in [2.05, 4.69) is 33.1 Å². The first kappa shape index (κ1) is 33.1. The number of carbonyl (C=O) groups excluding carboxylic acids is 2. The molecule has 0 atom stereocenters. The fourth-order valence-electron chi connectivity index (χ4n) is 3.74. The highest BCUT2D eigenvalue weighted by Crippen LogP contribution is 2.22. The van der Waals surface area contributed by atoms with Gasteiger partial charge < -0.3 is 24.4 Å². The summed E-state index contributed by atoms with van der Waals surface area (Å²) in [6, 6.07) is 10.4. The monoisotopic (exact) mass is 533 g/mol. The lowest BCUT2D eigenvalue weighted by molar-refractivity contribution is -0.906. The van der Waals surface area contributed by atoms with Crippen LogP contribution >= 0.6 is 0 Å². The van der Waals surface area contributed by atoms with Crippen molar-refractivity contribution in [1.29, 1.82) is 0 Å². The molecule has 0 bridgehead atoms. The van der Waals surface area contributed by atoms with Gasteiger partial charge >= 0.3 is 5.97 Å². The third kappa shape index (κ3) is 11.6. The summed E-state index contributed by atoms with van der Waals surface area (Å²) in [5.74, 6) is -1.02. The normalized spacial score (nSPS) is 10.8. The number of hydrogen-bond acceptors (Lipinski definition) is 5. The Morgan fingerprint density at radius 3 is 2.16 bits per heavy atom. The van der Waals surface area contributed by atoms with Crippen molar-refractivity contribution in [1.82, 2.24) is 0 Å². The number of esters is 1. The van der Waals surface area contributed by atoms with Crippen molar-refractivity contribution >= 4 is 17.6 Å². The molecule has 0 saturated carbocycles. The molecular weight excluding hydrogens is 487 g/mol. The fraction of sp³-hybridized carbons (Fsp3) is 0.533. The zero-order valence-electron chi connectivity index (χ0n) is 23.7. The van der Waals surface area contributed by atoms with Crippen LogP contribution in [0.2, 0.25) is 0 Å². The number of benzene rings is 2. The molecule has 0 unspecified atom stereocenters. The predicted octanol–water partition coefficient (Wildman–Crippen LogP) is 6.07. The number of carbonyl (C=O) groups is 2. The number of anilines is 1. The Kier molecular flexibility index (Phi) is 15.9. The van der Waals surface area contributed by atoms with E-state index in [9.17, 15) is 14.0 Å². The van der Waals surface area contributed by atoms with Gasteiger partial charge in [0.1, 0.15) is 24.7 Å². The third-order valence-electron chi connectivity index (χ3n) is 6.71. The molecule has 0 heterocycles. The third-order valence-corrected chi connectivity index (χ3v) is 6.71. The van der Waals surface area contributed by atoms with Crippen LogP contribution in [-0.4, -0.2) is 68.5 Å². The summed E-state index contributed by atoms with van der Waals surface area (Å²) < 4.78 is 25.8. The van der Waals surface area contributed by atoms with Gasteiger partial charge in [-0.1, -0.05) is 39.0 Å². The minimum atomic E-state index is -0.454. The van der Waals surface area contributed by atoms with E-state index in [0.717, 1.165) is 50.5 Å². The van der Waals surface area contributed by atoms with Crippen LogP contribution < -0.4 is 10.1 Å². The van der Waals surface area contributed by atoms with Gasteiger partial charge in [-0.25, -0.2) is 9.18 Å². The highest BCUT2D eigenvalue weighted by Gasteiger charge is 2.18. The summed E-state index contributed by atoms with van der Waals surface area (Å²) in [5, 5.41) is 9.79. The van der Waals surface area contributed by atoms with Gasteiger partial charge in [0.2, 0.25) is 0 Å². The fourth-order valence-corrected chi connectivity index (χ4v) is 3.74. The minimum absolute atomic E-state index is 0.228. The number of amides is 1. The predicted molar refractivity (Wildman–Crippen MR) is 150 cm³/mol. The summed E-state index contributed by atoms with van der Waals surface area (Å²) in [6.07, 6.45) is 6.68. The standard InChI is InChI=1S/C29H41FN2O4.CH4O/c1-5-8-9-10-11-12-20-35-27-22-24(30)15-18-26(27)28(33)31-25-16-13-23(14-17-25)29(34)36-21-19-32(4,6-2)7-3;1-2/h13-18,22H,5-12,19-21H2,1-4H3;2H,1H3/p+1. The average molecular weight is 534 g/mol. The molecule has 38 heavy (non-hydrogen) atoms. The Hall–Kier alpha value is -2.97. The number of aliphatic hydroxyl groups is 1. The zero-order chi connectivity index (χ0) is 28.4. The summed E-state index contributed by atoms with van der Waals surface area (Å²) >= 11 is 0. The molecule has 0 radical (unpaired) electrons. The summed E-state index contributed by atoms with van der Waals surface area (Å²) in [6.45, 7) is 9.91. The van der Waals surface area contributed by atoms with E-state index in [-0.39, 0.29) is 11.3 Å². The van der Waals surface area contributed by atoms with E-state index in [1.54, 1.807) is 24.3 Å². The Bertz CT molecular complexity index is 962. The molecule has 0 spiro atoms. The van der Waals surface area contributed by atoms with E-state index in [1.165, 1.54) is 37.5 Å². The van der Waals surface area contributed by atoms with Gasteiger partial charge in [0.05, 0.1) is 37.9 Å². The molecule has 0 aliphatic rings. The molecule has 7 nitrogen and oxygen atoms in total. The molecule has 0 aliphatic carbocycles. The van der Waals surface area contributed by atoms with Gasteiger partial charge in [-0.05, 0) is 56.7 Å². The van der Waals surface area contributed by atoms with Crippen molar-refractivity contribution in [3.8, 4) is 5.75 Å². The van der Waals surface area contributed by atoms with Crippen molar-refractivity contribution in [3.05, 3.63) is 59.4 Å². The number of aliphatic hydroxyl groups excluding tert-OH is 1. The maximum absolute atomic E-state index is 13.8. The average Bonchev–Trinajstić information content (AvgIpc) is 2.93. The Morgan fingerprint density at radius 2 is 1.53 bits per heavy atom. The number of halogens is 1. The van der Waals surface area contributed by atoms with Gasteiger partial charge in [-0.2, -0.15) is 0 Å². The van der Waals surface area contributed by atoms with Gasteiger partial charge in [-0.15, -0.1) is 0 Å². The Morgan fingerprint density at radius 1 is 0.895 bits per heavy atom. The SMILES string of the molecule is CCCCCCCCOc1cc(F)ccc1C(=O)Nc1ccc(C(=O)OCC[N+](C)(CC)CC)cc1.CO. The number of hydrogen-bond donors (Lipinski definition) is 2.